The SMILES string of the molecule is CN(C)c1ccc2c(-c3ccc(C(=O)NCCCCCC(=O)N[C@@H](CCCNC(=N)N)C(=O)N[C@@H](CCC(=O)O)C(=O)N[C@H]4CCn5cc(nn5)-c5cc(C(=O)O)cc(c5)C5=CN(CC[C@@H](C(=O)N[C@@H](CCC(=O)O)C(N)=O)NC(=O)CNC(=O)[C@H](CC(=O)O)NC(=O)CNC4=O)NN5)cc3C(=O)O)c3ccc(=[N+](C)C)cc-3oc2c1. The van der Waals surface area contributed by atoms with E-state index in [4.69, 9.17) is 21.3 Å². The number of hydrogen-bond acceptors (Lipinski definition) is 23. The second-order valence-corrected chi connectivity index (χ2v) is 27.6. The molecule has 0 saturated carbocycles. The lowest BCUT2D eigenvalue weighted by Gasteiger charge is -2.25. The molecule has 4 aliphatic rings. The van der Waals surface area contributed by atoms with E-state index in [0.29, 0.717) is 46.3 Å². The number of aromatic carboxylic acids is 2. The minimum atomic E-state index is -1.94. The number of carbonyl (C=O) groups is 15. The van der Waals surface area contributed by atoms with E-state index in [2.05, 4.69) is 74.4 Å². The molecular formula is C74H92N21O21+. The minimum absolute atomic E-state index is 0.0308. The first-order valence-electron chi connectivity index (χ1n) is 36.6. The van der Waals surface area contributed by atoms with Crippen molar-refractivity contribution in [1.29, 1.82) is 5.41 Å². The van der Waals surface area contributed by atoms with E-state index in [1.165, 1.54) is 52.4 Å². The number of aliphatic carboxylic acids is 3. The van der Waals surface area contributed by atoms with Crippen molar-refractivity contribution < 1.29 is 102 Å². The maximum atomic E-state index is 14.5. The predicted octanol–water partition coefficient (Wildman–Crippen LogP) is -2.54. The van der Waals surface area contributed by atoms with Crippen LogP contribution in [-0.4, -0.2) is 238 Å². The van der Waals surface area contributed by atoms with Crippen LogP contribution in [0.3, 0.4) is 0 Å². The number of rotatable bonds is 31. The number of anilines is 1. The zero-order chi connectivity index (χ0) is 84.6. The molecule has 0 unspecified atom stereocenters. The number of aryl methyl sites for hydroxylation is 1. The van der Waals surface area contributed by atoms with Crippen LogP contribution in [-0.2, 0) is 64.1 Å². The van der Waals surface area contributed by atoms with Gasteiger partial charge in [-0.3, -0.25) is 77.4 Å². The van der Waals surface area contributed by atoms with Crippen LogP contribution in [0.5, 0.6) is 0 Å². The Bertz CT molecular complexity index is 4860. The number of fused-ring (bicyclic) bond motifs is 9. The van der Waals surface area contributed by atoms with Crippen LogP contribution < -0.4 is 90.4 Å². The first-order valence-corrected chi connectivity index (χ1v) is 36.6. The normalized spacial score (nSPS) is 16.2. The van der Waals surface area contributed by atoms with Crippen molar-refractivity contribution in [3.63, 3.8) is 0 Å². The number of nitrogens with zero attached hydrogens (tertiary/aromatic N) is 6. The Morgan fingerprint density at radius 2 is 1.35 bits per heavy atom. The lowest BCUT2D eigenvalue weighted by atomic mass is 9.89. The average Bonchev–Trinajstić information content (AvgIpc) is 0.856. The van der Waals surface area contributed by atoms with E-state index in [0.717, 1.165) is 11.0 Å². The van der Waals surface area contributed by atoms with Crippen LogP contribution in [0.25, 0.3) is 50.4 Å². The van der Waals surface area contributed by atoms with Crippen LogP contribution in [0.4, 0.5) is 5.69 Å². The van der Waals surface area contributed by atoms with Gasteiger partial charge in [0.1, 0.15) is 67.4 Å². The van der Waals surface area contributed by atoms with Crippen LogP contribution in [0.15, 0.2) is 89.6 Å². The number of carboxylic acids is 5. The first kappa shape index (κ1) is 87.5. The summed E-state index contributed by atoms with van der Waals surface area (Å²) in [5.41, 5.74) is 20.0. The molecule has 3 aromatic carbocycles. The van der Waals surface area contributed by atoms with Gasteiger partial charge in [0.05, 0.1) is 48.6 Å². The second kappa shape index (κ2) is 40.9. The van der Waals surface area contributed by atoms with Gasteiger partial charge in [0, 0.05) is 117 Å². The largest absolute Gasteiger partial charge is 0.481 e. The summed E-state index contributed by atoms with van der Waals surface area (Å²) in [5, 5.41) is 92.7. The zero-order valence-corrected chi connectivity index (χ0v) is 63.6. The molecule has 3 aliphatic heterocycles. The molecule has 4 heterocycles. The average molecular weight is 1610 g/mol. The molecule has 8 rings (SSSR count). The lowest BCUT2D eigenvalue weighted by molar-refractivity contribution is -0.141. The maximum absolute atomic E-state index is 14.5. The van der Waals surface area contributed by atoms with Gasteiger partial charge in [-0.2, -0.15) is 0 Å². The number of benzene rings is 4. The highest BCUT2D eigenvalue weighted by molar-refractivity contribution is 6.10. The molecule has 4 aromatic rings. The first-order chi connectivity index (χ1) is 55.1. The van der Waals surface area contributed by atoms with Crippen molar-refractivity contribution in [1.82, 2.24) is 88.7 Å². The number of primary amides is 1. The fraction of sp³-hybridized carbons (Fsp3) is 0.392. The summed E-state index contributed by atoms with van der Waals surface area (Å²) in [6, 6.07) is 9.77. The molecule has 618 valence electrons. The fourth-order valence-corrected chi connectivity index (χ4v) is 12.4. The van der Waals surface area contributed by atoms with Crippen LogP contribution in [0.2, 0.25) is 0 Å². The molecule has 6 atom stereocenters. The quantitative estimate of drug-likeness (QED) is 0.00701. The minimum Gasteiger partial charge on any atom is -0.481 e. The summed E-state index contributed by atoms with van der Waals surface area (Å²) in [6.07, 6.45) is -0.693. The summed E-state index contributed by atoms with van der Waals surface area (Å²) < 4.78 is 9.52. The number of guanidine groups is 1. The smallest absolute Gasteiger partial charge is 0.336 e. The maximum Gasteiger partial charge on any atom is 0.336 e. The zero-order valence-electron chi connectivity index (χ0n) is 63.6. The number of hydrazine groups is 2. The summed E-state index contributed by atoms with van der Waals surface area (Å²) in [7, 11) is 7.53. The van der Waals surface area contributed by atoms with Crippen molar-refractivity contribution in [3.05, 3.63) is 113 Å². The second-order valence-electron chi connectivity index (χ2n) is 27.6. The van der Waals surface area contributed by atoms with E-state index in [1.807, 2.05) is 74.1 Å². The van der Waals surface area contributed by atoms with Gasteiger partial charge in [-0.05, 0) is 105 Å². The molecule has 0 spiro atoms. The number of carbonyl (C=O) groups excluding carboxylic acids is 10. The van der Waals surface area contributed by atoms with Crippen LogP contribution >= 0.6 is 0 Å². The summed E-state index contributed by atoms with van der Waals surface area (Å²) in [4.78, 5) is 200. The van der Waals surface area contributed by atoms with Gasteiger partial charge >= 0.3 is 29.8 Å². The number of aromatic nitrogens is 3. The highest BCUT2D eigenvalue weighted by Crippen LogP contribution is 2.42. The topological polar surface area (TPSA) is 631 Å². The number of nitrogens with two attached hydrogens (primary N) is 2. The third-order valence-corrected chi connectivity index (χ3v) is 18.5. The van der Waals surface area contributed by atoms with Crippen molar-refractivity contribution in [3.8, 4) is 33.7 Å². The molecular weight excluding hydrogens is 1520 g/mol. The fourth-order valence-electron chi connectivity index (χ4n) is 12.4. The molecule has 0 radical (unpaired) electrons. The Labute approximate surface area is 660 Å². The number of amides is 10. The summed E-state index contributed by atoms with van der Waals surface area (Å²) >= 11 is 0. The standard InChI is InChI=1S/C74H91N21O21/c1-92(2)42-12-15-45-56(31-42)116-57-32-43(93(3)4)13-16-46(57)64(45)44-14-11-38(30-47(44)73(114)115)66(106)78-23-7-5-6-10-58(96)82-49(9-8-24-79-74(76)77)69(109)86-50(18-20-62(101)102)70(110)87-51-21-25-94-36-54(88-90-94)39-27-40(29-41(28-39)72(112)113)55-37-95(91-89-55)26-22-52(71(111)85-48(65(75)105)17-19-61(99)100)83-59(97)34-81-68(108)53(33-63(103)104)84-60(98)35-80-67(51)107/h11-16,27-32,36-37,48-53,78H,5-10,17-26,33-35H2,1-4H3,(H20,75,76,77,79,80,81,82,83,84,85,86,87,96,97,98,99,100,101,102,103,104,105,106,107,108,109,110,111,112,113,114,115)/p+1/t48-,49-,50-,51-,52-,53-/m0/s1. The Balaban J connectivity index is 0.962. The van der Waals surface area contributed by atoms with Gasteiger partial charge in [0.2, 0.25) is 58.5 Å². The highest BCUT2D eigenvalue weighted by atomic mass is 16.4. The van der Waals surface area contributed by atoms with Crippen LogP contribution in [0.1, 0.15) is 120 Å². The van der Waals surface area contributed by atoms with E-state index in [1.54, 1.807) is 6.07 Å². The van der Waals surface area contributed by atoms with Gasteiger partial charge < -0.3 is 105 Å². The van der Waals surface area contributed by atoms with E-state index in [-0.39, 0.29) is 97.5 Å². The molecule has 116 heavy (non-hydrogen) atoms. The van der Waals surface area contributed by atoms with E-state index >= 15 is 0 Å². The Morgan fingerprint density at radius 3 is 2.03 bits per heavy atom. The monoisotopic (exact) mass is 1610 g/mol. The van der Waals surface area contributed by atoms with Gasteiger partial charge in [-0.15, -0.1) is 10.6 Å². The van der Waals surface area contributed by atoms with Gasteiger partial charge in [0.25, 0.3) is 5.91 Å². The van der Waals surface area contributed by atoms with E-state index in [9.17, 15) is 97.5 Å². The van der Waals surface area contributed by atoms with Crippen LogP contribution in [0, 0.1) is 5.41 Å². The Hall–Kier alpha value is -14.1. The van der Waals surface area contributed by atoms with Crippen molar-refractivity contribution in [2.75, 3.05) is 65.8 Å². The lowest BCUT2D eigenvalue weighted by Crippen LogP contribution is -2.57. The van der Waals surface area contributed by atoms with Crippen molar-refractivity contribution >= 4 is 117 Å². The predicted molar refractivity (Wildman–Crippen MR) is 412 cm³/mol. The molecule has 1 aliphatic carbocycles. The number of nitrogens with one attached hydrogen (secondary N) is 13. The molecule has 0 fully saturated rings. The number of carboxylic acid groups (broad SMARTS) is 5. The summed E-state index contributed by atoms with van der Waals surface area (Å²) in [5.74, 6) is -17.1. The Morgan fingerprint density at radius 1 is 0.672 bits per heavy atom. The van der Waals surface area contributed by atoms with Crippen molar-refractivity contribution in [2.45, 2.75) is 126 Å². The molecule has 42 nitrogen and oxygen atoms in total. The van der Waals surface area contributed by atoms with E-state index < -0.39 is 183 Å². The molecule has 22 N–H and O–H groups in total. The highest BCUT2D eigenvalue weighted by Gasteiger charge is 2.34. The molecule has 10 amide bonds. The summed E-state index contributed by atoms with van der Waals surface area (Å²) in [6.45, 7) is -2.31. The molecule has 1 aromatic heterocycles. The van der Waals surface area contributed by atoms with Gasteiger partial charge in [-0.1, -0.05) is 17.7 Å². The van der Waals surface area contributed by atoms with Gasteiger partial charge in [0.15, 0.2) is 5.96 Å². The van der Waals surface area contributed by atoms with Gasteiger partial charge in [-0.25, -0.2) is 14.2 Å². The third kappa shape index (κ3) is 25.2. The number of unbranched alkanes of at least 4 members (excludes halogenated alkanes) is 2. The van der Waals surface area contributed by atoms with Crippen molar-refractivity contribution in [2.24, 2.45) is 11.5 Å². The molecule has 0 saturated heterocycles. The molecule has 6 bridgehead atoms. The third-order valence-electron chi connectivity index (χ3n) is 18.5. The molecule has 42 heteroatoms. The Kier molecular flexibility index (Phi) is 30.9. The number of hydrogen-bond donors (Lipinski definition) is 20.